The van der Waals surface area contributed by atoms with Gasteiger partial charge in [-0.3, -0.25) is 0 Å². The van der Waals surface area contributed by atoms with Crippen LogP contribution in [0.4, 0.5) is 0 Å². The Kier molecular flexibility index (Phi) is 4.86. The molecule has 0 aliphatic carbocycles. The van der Waals surface area contributed by atoms with Crippen LogP contribution in [-0.4, -0.2) is 0 Å². The number of benzene rings is 4. The van der Waals surface area contributed by atoms with E-state index in [0.717, 1.165) is 5.57 Å². The van der Waals surface area contributed by atoms with E-state index in [2.05, 4.69) is 103 Å². The Labute approximate surface area is 160 Å². The lowest BCUT2D eigenvalue weighted by Gasteiger charge is -2.15. The normalized spacial score (nSPS) is 11.5. The van der Waals surface area contributed by atoms with E-state index < -0.39 is 0 Å². The van der Waals surface area contributed by atoms with Gasteiger partial charge in [-0.2, -0.15) is 0 Å². The average Bonchev–Trinajstić information content (AvgIpc) is 2.76. The topological polar surface area (TPSA) is 0 Å². The van der Waals surface area contributed by atoms with Crippen LogP contribution in [0.5, 0.6) is 0 Å². The predicted molar refractivity (Wildman–Crippen MR) is 115 cm³/mol. The zero-order valence-electron chi connectivity index (χ0n) is 15.0. The van der Waals surface area contributed by atoms with Crippen molar-refractivity contribution in [3.05, 3.63) is 126 Å². The van der Waals surface area contributed by atoms with Gasteiger partial charge in [0.05, 0.1) is 5.92 Å². The molecule has 0 bridgehead atoms. The van der Waals surface area contributed by atoms with Crippen molar-refractivity contribution in [1.29, 1.82) is 0 Å². The summed E-state index contributed by atoms with van der Waals surface area (Å²) in [5.74, 6) is 2.90. The summed E-state index contributed by atoms with van der Waals surface area (Å²) < 4.78 is 0. The van der Waals surface area contributed by atoms with Crippen LogP contribution in [0, 0.1) is 12.3 Å². The quantitative estimate of drug-likeness (QED) is 0.362. The van der Waals surface area contributed by atoms with E-state index in [1.165, 1.54) is 27.5 Å². The number of hydrogen-bond acceptors (Lipinski definition) is 0. The Morgan fingerprint density at radius 3 is 1.85 bits per heavy atom. The highest BCUT2D eigenvalue weighted by molar-refractivity contribution is 5.88. The van der Waals surface area contributed by atoms with Crippen molar-refractivity contribution < 1.29 is 0 Å². The first kappa shape index (κ1) is 16.9. The first-order chi connectivity index (χ1) is 13.4. The van der Waals surface area contributed by atoms with Crippen LogP contribution in [0.25, 0.3) is 16.3 Å². The van der Waals surface area contributed by atoms with E-state index in [0.29, 0.717) is 0 Å². The Morgan fingerprint density at radius 2 is 1.22 bits per heavy atom. The molecule has 1 atom stereocenters. The summed E-state index contributed by atoms with van der Waals surface area (Å²) in [5.41, 5.74) is 4.67. The average molecular weight is 344 g/mol. The summed E-state index contributed by atoms with van der Waals surface area (Å²) in [4.78, 5) is 0. The molecule has 0 aliphatic rings. The van der Waals surface area contributed by atoms with Crippen molar-refractivity contribution in [3.63, 3.8) is 0 Å². The van der Waals surface area contributed by atoms with Gasteiger partial charge >= 0.3 is 0 Å². The minimum Gasteiger partial charge on any atom is -0.119 e. The van der Waals surface area contributed by atoms with Gasteiger partial charge in [0, 0.05) is 0 Å². The molecular formula is C27H20. The molecule has 27 heavy (non-hydrogen) atoms. The summed E-state index contributed by atoms with van der Waals surface area (Å²) in [7, 11) is 0. The molecule has 0 N–H and O–H groups in total. The maximum atomic E-state index is 6.01. The number of hydrogen-bond donors (Lipinski definition) is 0. The summed E-state index contributed by atoms with van der Waals surface area (Å²) in [6.45, 7) is 0. The Morgan fingerprint density at radius 1 is 0.667 bits per heavy atom. The van der Waals surface area contributed by atoms with Gasteiger partial charge in [-0.15, -0.1) is 6.42 Å². The first-order valence-corrected chi connectivity index (χ1v) is 9.13. The summed E-state index contributed by atoms with van der Waals surface area (Å²) in [6, 6.07) is 35.6. The van der Waals surface area contributed by atoms with E-state index in [4.69, 9.17) is 6.42 Å². The van der Waals surface area contributed by atoms with Crippen LogP contribution in [0.2, 0.25) is 0 Å². The molecule has 128 valence electrons. The van der Waals surface area contributed by atoms with Crippen LogP contribution in [-0.2, 0) is 0 Å². The molecule has 0 amide bonds. The zero-order valence-corrected chi connectivity index (χ0v) is 15.0. The van der Waals surface area contributed by atoms with Crippen molar-refractivity contribution in [1.82, 2.24) is 0 Å². The van der Waals surface area contributed by atoms with E-state index in [1.54, 1.807) is 0 Å². The highest BCUT2D eigenvalue weighted by Crippen LogP contribution is 2.31. The van der Waals surface area contributed by atoms with E-state index in [-0.39, 0.29) is 5.92 Å². The minimum atomic E-state index is -0.105. The Bertz CT molecular complexity index is 1070. The summed E-state index contributed by atoms with van der Waals surface area (Å²) in [5, 5.41) is 2.42. The molecule has 4 rings (SSSR count). The highest BCUT2D eigenvalue weighted by atomic mass is 14.2. The van der Waals surface area contributed by atoms with Crippen LogP contribution < -0.4 is 0 Å². The fourth-order valence-electron chi connectivity index (χ4n) is 3.51. The smallest absolute Gasteiger partial charge is 0.0645 e. The highest BCUT2D eigenvalue weighted by Gasteiger charge is 2.13. The number of rotatable bonds is 4. The van der Waals surface area contributed by atoms with Gasteiger partial charge in [0.2, 0.25) is 0 Å². The van der Waals surface area contributed by atoms with Gasteiger partial charge in [-0.05, 0) is 33.0 Å². The lowest BCUT2D eigenvalue weighted by Crippen LogP contribution is -1.97. The third kappa shape index (κ3) is 3.54. The van der Waals surface area contributed by atoms with Gasteiger partial charge in [0.25, 0.3) is 0 Å². The molecule has 0 nitrogen and oxygen atoms in total. The largest absolute Gasteiger partial charge is 0.119 e. The molecule has 0 spiro atoms. The van der Waals surface area contributed by atoms with Crippen LogP contribution in [0.1, 0.15) is 22.6 Å². The van der Waals surface area contributed by atoms with Crippen LogP contribution in [0.15, 0.2) is 109 Å². The van der Waals surface area contributed by atoms with E-state index in [9.17, 15) is 0 Å². The molecule has 0 fully saturated rings. The second-order valence-corrected chi connectivity index (χ2v) is 6.53. The zero-order chi connectivity index (χ0) is 18.5. The van der Waals surface area contributed by atoms with Gasteiger partial charge in [0.15, 0.2) is 0 Å². The standard InChI is InChI=1S/C27H20/c1-2-21(25-19-11-17-22-16-9-10-18-26(22)25)20-27(23-12-5-3-6-13-23)24-14-7-4-8-15-24/h1,3-21H/t21-/m0/s1. The molecule has 0 unspecified atom stereocenters. The lowest BCUT2D eigenvalue weighted by atomic mass is 9.88. The fourth-order valence-corrected chi connectivity index (χ4v) is 3.51. The third-order valence-electron chi connectivity index (χ3n) is 4.84. The molecule has 0 heteroatoms. The Hall–Kier alpha value is -3.56. The molecule has 0 heterocycles. The Balaban J connectivity index is 1.89. The molecule has 4 aromatic carbocycles. The van der Waals surface area contributed by atoms with Crippen LogP contribution >= 0.6 is 0 Å². The van der Waals surface area contributed by atoms with Gasteiger partial charge < -0.3 is 0 Å². The predicted octanol–water partition coefficient (Wildman–Crippen LogP) is 6.69. The number of fused-ring (bicyclic) bond motifs is 1. The van der Waals surface area contributed by atoms with Crippen molar-refractivity contribution >= 4 is 16.3 Å². The summed E-state index contributed by atoms with van der Waals surface area (Å²) >= 11 is 0. The van der Waals surface area contributed by atoms with Gasteiger partial charge in [-0.25, -0.2) is 0 Å². The molecule has 0 saturated carbocycles. The SMILES string of the molecule is C#C[C@@H](C=C(c1ccccc1)c1ccccc1)c1cccc2ccccc12. The maximum Gasteiger partial charge on any atom is 0.0645 e. The van der Waals surface area contributed by atoms with E-state index in [1.807, 2.05) is 12.1 Å². The molecule has 4 aromatic rings. The van der Waals surface area contributed by atoms with Crippen LogP contribution in [0.3, 0.4) is 0 Å². The molecule has 0 saturated heterocycles. The third-order valence-corrected chi connectivity index (χ3v) is 4.84. The number of allylic oxidation sites excluding steroid dienone is 1. The van der Waals surface area contributed by atoms with Crippen molar-refractivity contribution in [3.8, 4) is 12.3 Å². The first-order valence-electron chi connectivity index (χ1n) is 9.13. The molecule has 0 aromatic heterocycles. The van der Waals surface area contributed by atoms with E-state index >= 15 is 0 Å². The molecular weight excluding hydrogens is 324 g/mol. The second kappa shape index (κ2) is 7.77. The van der Waals surface area contributed by atoms with Gasteiger partial charge in [0.1, 0.15) is 0 Å². The van der Waals surface area contributed by atoms with Gasteiger partial charge in [-0.1, -0.05) is 115 Å². The van der Waals surface area contributed by atoms with Crippen molar-refractivity contribution in [2.45, 2.75) is 5.92 Å². The minimum absolute atomic E-state index is 0.105. The molecule has 0 aliphatic heterocycles. The fraction of sp³-hybridized carbons (Fsp3) is 0.0370. The number of terminal acetylenes is 1. The monoisotopic (exact) mass is 344 g/mol. The maximum absolute atomic E-state index is 6.01. The molecule has 0 radical (unpaired) electrons. The van der Waals surface area contributed by atoms with Crippen molar-refractivity contribution in [2.75, 3.05) is 0 Å². The van der Waals surface area contributed by atoms with Crippen molar-refractivity contribution in [2.24, 2.45) is 0 Å². The second-order valence-electron chi connectivity index (χ2n) is 6.53. The lowest BCUT2D eigenvalue weighted by molar-refractivity contribution is 1.15. The summed E-state index contributed by atoms with van der Waals surface area (Å²) in [6.07, 6.45) is 8.22.